The van der Waals surface area contributed by atoms with Crippen molar-refractivity contribution >= 4 is 17.9 Å². The maximum Gasteiger partial charge on any atom is 0.408 e. The van der Waals surface area contributed by atoms with Gasteiger partial charge in [0, 0.05) is 31.6 Å². The molecule has 3 aliphatic rings. The normalized spacial score (nSPS) is 22.4. The van der Waals surface area contributed by atoms with Gasteiger partial charge in [-0.1, -0.05) is 97.1 Å². The van der Waals surface area contributed by atoms with Gasteiger partial charge in [-0.2, -0.15) is 0 Å². The smallest absolute Gasteiger partial charge is 0.408 e. The second kappa shape index (κ2) is 16.6. The van der Waals surface area contributed by atoms with Gasteiger partial charge < -0.3 is 29.4 Å². The predicted octanol–water partition coefficient (Wildman–Crippen LogP) is 5.28. The number of ether oxygens (including phenoxy) is 4. The van der Waals surface area contributed by atoms with E-state index in [9.17, 15) is 19.5 Å². The number of morpholine rings is 1. The van der Waals surface area contributed by atoms with Crippen LogP contribution in [0, 0.1) is 0 Å². The van der Waals surface area contributed by atoms with Crippen LogP contribution in [0.4, 0.5) is 4.79 Å². The van der Waals surface area contributed by atoms with Crippen LogP contribution in [0.5, 0.6) is 0 Å². The molecular weight excluding hydrogens is 662 g/mol. The van der Waals surface area contributed by atoms with Crippen molar-refractivity contribution < 1.29 is 38.4 Å². The Morgan fingerprint density at radius 3 is 2.29 bits per heavy atom. The SMILES string of the molecule is O=C(NC1CC(=O)N(Cc2cccc(-c3ccc(C4OC(CN5CCOCC5)CC(c5ccc(CO)cc5)O4)cc3)c2)C1=O)OCc1ccccc1. The third kappa shape index (κ3) is 8.75. The highest BCUT2D eigenvalue weighted by molar-refractivity contribution is 6.06. The molecule has 2 N–H and O–H groups in total. The molecule has 0 saturated carbocycles. The number of imide groups is 1. The minimum atomic E-state index is -0.969. The molecule has 4 aromatic rings. The fraction of sp³-hybridized carbons (Fsp3) is 0.341. The van der Waals surface area contributed by atoms with E-state index in [-0.39, 0.29) is 44.3 Å². The summed E-state index contributed by atoms with van der Waals surface area (Å²) >= 11 is 0. The highest BCUT2D eigenvalue weighted by Crippen LogP contribution is 2.39. The first kappa shape index (κ1) is 35.5. The van der Waals surface area contributed by atoms with Crippen molar-refractivity contribution in [3.8, 4) is 11.1 Å². The highest BCUT2D eigenvalue weighted by Gasteiger charge is 2.40. The molecule has 7 rings (SSSR count). The van der Waals surface area contributed by atoms with Crippen molar-refractivity contribution in [3.05, 3.63) is 131 Å². The Morgan fingerprint density at radius 2 is 1.54 bits per heavy atom. The second-order valence-electron chi connectivity index (χ2n) is 13.4. The largest absolute Gasteiger partial charge is 0.445 e. The number of carbonyl (C=O) groups excluding carboxylic acids is 3. The van der Waals surface area contributed by atoms with Gasteiger partial charge in [-0.3, -0.25) is 19.4 Å². The molecule has 0 aliphatic carbocycles. The van der Waals surface area contributed by atoms with Crippen LogP contribution in [0.3, 0.4) is 0 Å². The number of amides is 3. The average molecular weight is 706 g/mol. The maximum absolute atomic E-state index is 13.1. The van der Waals surface area contributed by atoms with E-state index in [1.165, 1.54) is 4.90 Å². The zero-order valence-corrected chi connectivity index (χ0v) is 28.9. The minimum absolute atomic E-state index is 0.00713. The van der Waals surface area contributed by atoms with E-state index < -0.39 is 24.3 Å². The number of benzene rings is 4. The highest BCUT2D eigenvalue weighted by atomic mass is 16.7. The van der Waals surface area contributed by atoms with Crippen LogP contribution in [-0.2, 0) is 48.3 Å². The Bertz CT molecular complexity index is 1830. The molecule has 3 aliphatic heterocycles. The maximum atomic E-state index is 13.1. The summed E-state index contributed by atoms with van der Waals surface area (Å²) in [4.78, 5) is 41.9. The molecule has 0 bridgehead atoms. The number of carbonyl (C=O) groups is 3. The van der Waals surface area contributed by atoms with Gasteiger partial charge in [-0.25, -0.2) is 4.79 Å². The Kier molecular flexibility index (Phi) is 11.3. The number of hydrogen-bond acceptors (Lipinski definition) is 9. The molecule has 0 spiro atoms. The minimum Gasteiger partial charge on any atom is -0.445 e. The lowest BCUT2D eigenvalue weighted by molar-refractivity contribution is -0.253. The van der Waals surface area contributed by atoms with Gasteiger partial charge in [0.05, 0.1) is 45.0 Å². The van der Waals surface area contributed by atoms with Crippen molar-refractivity contribution in [1.29, 1.82) is 0 Å². The third-order valence-corrected chi connectivity index (χ3v) is 9.71. The van der Waals surface area contributed by atoms with Gasteiger partial charge in [0.2, 0.25) is 5.91 Å². The molecule has 4 atom stereocenters. The lowest BCUT2D eigenvalue weighted by atomic mass is 9.99. The molecule has 3 amide bonds. The van der Waals surface area contributed by atoms with Crippen molar-refractivity contribution in [2.75, 3.05) is 32.8 Å². The predicted molar refractivity (Wildman–Crippen MR) is 191 cm³/mol. The first-order valence-electron chi connectivity index (χ1n) is 17.7. The molecule has 3 heterocycles. The Hall–Kier alpha value is -4.91. The molecule has 11 heteroatoms. The number of nitrogens with zero attached hydrogens (tertiary/aromatic N) is 2. The van der Waals surface area contributed by atoms with Gasteiger partial charge in [-0.15, -0.1) is 0 Å². The topological polar surface area (TPSA) is 127 Å². The van der Waals surface area contributed by atoms with Crippen LogP contribution in [0.1, 0.15) is 53.1 Å². The lowest BCUT2D eigenvalue weighted by Crippen LogP contribution is -2.44. The number of hydrogen-bond donors (Lipinski definition) is 2. The molecule has 4 unspecified atom stereocenters. The van der Waals surface area contributed by atoms with Crippen LogP contribution in [0.25, 0.3) is 11.1 Å². The fourth-order valence-electron chi connectivity index (χ4n) is 6.84. The molecule has 52 heavy (non-hydrogen) atoms. The lowest BCUT2D eigenvalue weighted by Gasteiger charge is -2.39. The number of aliphatic hydroxyl groups excluding tert-OH is 1. The second-order valence-corrected chi connectivity index (χ2v) is 13.4. The number of rotatable bonds is 11. The summed E-state index contributed by atoms with van der Waals surface area (Å²) in [6.07, 6.45) is -0.915. The van der Waals surface area contributed by atoms with Crippen molar-refractivity contribution in [2.24, 2.45) is 0 Å². The van der Waals surface area contributed by atoms with Crippen LogP contribution in [0.2, 0.25) is 0 Å². The van der Waals surface area contributed by atoms with E-state index in [4.69, 9.17) is 18.9 Å². The Labute approximate surface area is 303 Å². The molecule has 11 nitrogen and oxygen atoms in total. The number of aliphatic hydroxyl groups is 1. The van der Waals surface area contributed by atoms with Crippen LogP contribution in [0.15, 0.2) is 103 Å². The average Bonchev–Trinajstić information content (AvgIpc) is 3.45. The van der Waals surface area contributed by atoms with E-state index >= 15 is 0 Å². The van der Waals surface area contributed by atoms with Crippen molar-refractivity contribution in [1.82, 2.24) is 15.1 Å². The van der Waals surface area contributed by atoms with Crippen molar-refractivity contribution in [3.63, 3.8) is 0 Å². The molecule has 3 saturated heterocycles. The zero-order chi connectivity index (χ0) is 35.9. The summed E-state index contributed by atoms with van der Waals surface area (Å²) in [5, 5.41) is 12.1. The van der Waals surface area contributed by atoms with Crippen LogP contribution < -0.4 is 5.32 Å². The third-order valence-electron chi connectivity index (χ3n) is 9.71. The number of alkyl carbamates (subject to hydrolysis) is 1. The molecule has 0 aromatic heterocycles. The zero-order valence-electron chi connectivity index (χ0n) is 28.9. The number of nitrogens with one attached hydrogen (secondary N) is 1. The summed E-state index contributed by atoms with van der Waals surface area (Å²) < 4.78 is 23.9. The first-order valence-corrected chi connectivity index (χ1v) is 17.7. The fourth-order valence-corrected chi connectivity index (χ4v) is 6.84. The molecule has 0 radical (unpaired) electrons. The standard InChI is InChI=1S/C41H43N3O8/c45-26-28-9-11-32(12-10-28)37-22-35(25-43-17-19-49-20-18-43)51-40(52-37)33-15-13-31(14-16-33)34-8-4-7-30(21-34)24-44-38(46)23-36(39(44)47)42-41(48)50-27-29-5-2-1-3-6-29/h1-16,21,35-37,40,45H,17-20,22-27H2,(H,42,48). The van der Waals surface area contributed by atoms with Crippen molar-refractivity contribution in [2.45, 2.75) is 57.1 Å². The van der Waals surface area contributed by atoms with Gasteiger partial charge in [-0.05, 0) is 39.4 Å². The van der Waals surface area contributed by atoms with Gasteiger partial charge in [0.15, 0.2) is 6.29 Å². The summed E-state index contributed by atoms with van der Waals surface area (Å²) in [6.45, 7) is 4.12. The van der Waals surface area contributed by atoms with E-state index in [1.54, 1.807) is 0 Å². The molecule has 3 fully saturated rings. The number of likely N-dealkylation sites (tertiary alicyclic amines) is 1. The molecule has 4 aromatic carbocycles. The van der Waals surface area contributed by atoms with E-state index in [0.29, 0.717) is 6.42 Å². The quantitative estimate of drug-likeness (QED) is 0.201. The monoisotopic (exact) mass is 705 g/mol. The molecular formula is C41H43N3O8. The first-order chi connectivity index (χ1) is 25.4. The van der Waals surface area contributed by atoms with Crippen LogP contribution >= 0.6 is 0 Å². The summed E-state index contributed by atoms with van der Waals surface area (Å²) in [5.74, 6) is -0.811. The van der Waals surface area contributed by atoms with Gasteiger partial charge in [0.25, 0.3) is 5.91 Å². The Morgan fingerprint density at radius 1 is 0.808 bits per heavy atom. The van der Waals surface area contributed by atoms with E-state index in [0.717, 1.165) is 71.8 Å². The van der Waals surface area contributed by atoms with Gasteiger partial charge >= 0.3 is 6.09 Å². The van der Waals surface area contributed by atoms with Gasteiger partial charge in [0.1, 0.15) is 12.6 Å². The van der Waals surface area contributed by atoms with E-state index in [2.05, 4.69) is 10.2 Å². The Balaban J connectivity index is 0.995. The summed E-state index contributed by atoms with van der Waals surface area (Å²) in [5.41, 5.74) is 6.30. The van der Waals surface area contributed by atoms with Crippen LogP contribution in [-0.4, -0.2) is 77.8 Å². The van der Waals surface area contributed by atoms with E-state index in [1.807, 2.05) is 103 Å². The summed E-state index contributed by atoms with van der Waals surface area (Å²) in [7, 11) is 0. The molecule has 270 valence electrons. The summed E-state index contributed by atoms with van der Waals surface area (Å²) in [6, 6.07) is 31.9.